The number of rotatable bonds is 5. The third kappa shape index (κ3) is 4.69. The minimum absolute atomic E-state index is 0.482. The molecular weight excluding hydrogens is 282 g/mol. The van der Waals surface area contributed by atoms with E-state index >= 15 is 0 Å². The van der Waals surface area contributed by atoms with Gasteiger partial charge in [0.15, 0.2) is 0 Å². The van der Waals surface area contributed by atoms with Crippen molar-refractivity contribution in [3.05, 3.63) is 70.8 Å². The van der Waals surface area contributed by atoms with Crippen molar-refractivity contribution < 1.29 is 4.84 Å². The molecule has 0 bridgehead atoms. The Hall–Kier alpha value is -2.09. The predicted octanol–water partition coefficient (Wildman–Crippen LogP) is 5.47. The van der Waals surface area contributed by atoms with Crippen LogP contribution in [0.15, 0.2) is 53.7 Å². The molecule has 2 nitrogen and oxygen atoms in total. The highest BCUT2D eigenvalue weighted by Gasteiger charge is 2.15. The summed E-state index contributed by atoms with van der Waals surface area (Å²) >= 11 is 0. The molecule has 2 heteroatoms. The number of aryl methyl sites for hydroxylation is 1. The molecule has 0 heterocycles. The first-order chi connectivity index (χ1) is 11.3. The van der Waals surface area contributed by atoms with Crippen molar-refractivity contribution in [2.45, 2.75) is 51.6 Å². The summed E-state index contributed by atoms with van der Waals surface area (Å²) in [7, 11) is 0. The van der Waals surface area contributed by atoms with Crippen LogP contribution in [0.25, 0.3) is 0 Å². The van der Waals surface area contributed by atoms with Crippen LogP contribution in [-0.4, -0.2) is 6.21 Å². The Morgan fingerprint density at radius 3 is 2.61 bits per heavy atom. The maximum Gasteiger partial charge on any atom is 0.142 e. The van der Waals surface area contributed by atoms with Crippen LogP contribution in [0.1, 0.15) is 60.3 Å². The standard InChI is InChI=1S/C21H24NO/c1-17-10-12-18(13-11-17)16-23-22-15-19-6-5-9-21(14-19)20-7-3-2-4-8-20/h5-6,9-14,20H,2-4,7-8,16H2,1H3. The molecule has 23 heavy (non-hydrogen) atoms. The molecule has 119 valence electrons. The Bertz CT molecular complexity index is 639. The number of nitrogens with zero attached hydrogens (tertiary/aromatic N) is 1. The van der Waals surface area contributed by atoms with Gasteiger partial charge in [0, 0.05) is 5.56 Å². The Labute approximate surface area is 139 Å². The summed E-state index contributed by atoms with van der Waals surface area (Å²) in [5.41, 5.74) is 4.79. The van der Waals surface area contributed by atoms with E-state index in [1.54, 1.807) is 0 Å². The third-order valence-corrected chi connectivity index (χ3v) is 4.55. The number of benzene rings is 2. The molecule has 2 aromatic rings. The van der Waals surface area contributed by atoms with Crippen molar-refractivity contribution in [1.29, 1.82) is 0 Å². The lowest BCUT2D eigenvalue weighted by molar-refractivity contribution is 0.132. The summed E-state index contributed by atoms with van der Waals surface area (Å²) in [5.74, 6) is 0.707. The molecule has 0 atom stereocenters. The molecule has 0 N–H and O–H groups in total. The first kappa shape index (κ1) is 15.8. The minimum atomic E-state index is 0.482. The lowest BCUT2D eigenvalue weighted by Crippen LogP contribution is -2.04. The van der Waals surface area contributed by atoms with Gasteiger partial charge in [-0.05, 0) is 42.9 Å². The Morgan fingerprint density at radius 1 is 1.04 bits per heavy atom. The van der Waals surface area contributed by atoms with Gasteiger partial charge in [0.05, 0.1) is 0 Å². The normalized spacial score (nSPS) is 15.9. The molecule has 1 aliphatic rings. The maximum atomic E-state index is 5.36. The van der Waals surface area contributed by atoms with Gasteiger partial charge in [0.25, 0.3) is 0 Å². The lowest BCUT2D eigenvalue weighted by atomic mass is 9.84. The molecule has 0 aromatic heterocycles. The van der Waals surface area contributed by atoms with Crippen LogP contribution in [0.2, 0.25) is 0 Å². The van der Waals surface area contributed by atoms with Crippen LogP contribution in [0, 0.1) is 6.92 Å². The van der Waals surface area contributed by atoms with Gasteiger partial charge in [0.2, 0.25) is 0 Å². The van der Waals surface area contributed by atoms with Crippen LogP contribution in [-0.2, 0) is 11.4 Å². The molecule has 1 aliphatic carbocycles. The average Bonchev–Trinajstić information content (AvgIpc) is 2.61. The van der Waals surface area contributed by atoms with E-state index in [1.165, 1.54) is 43.2 Å². The molecule has 1 saturated carbocycles. The summed E-state index contributed by atoms with van der Waals surface area (Å²) in [4.78, 5) is 5.36. The van der Waals surface area contributed by atoms with Crippen LogP contribution >= 0.6 is 0 Å². The molecule has 1 radical (unpaired) electrons. The zero-order chi connectivity index (χ0) is 15.9. The highest BCUT2D eigenvalue weighted by Crippen LogP contribution is 2.32. The highest BCUT2D eigenvalue weighted by atomic mass is 16.6. The summed E-state index contributed by atoms with van der Waals surface area (Å²) in [6.07, 6.45) is 9.72. The molecule has 2 aromatic carbocycles. The van der Waals surface area contributed by atoms with E-state index in [-0.39, 0.29) is 0 Å². The number of hydrogen-bond acceptors (Lipinski definition) is 2. The quantitative estimate of drug-likeness (QED) is 0.530. The van der Waals surface area contributed by atoms with E-state index < -0.39 is 0 Å². The molecule has 0 saturated heterocycles. The fraction of sp³-hybridized carbons (Fsp3) is 0.381. The van der Waals surface area contributed by atoms with Gasteiger partial charge in [0.1, 0.15) is 12.8 Å². The van der Waals surface area contributed by atoms with Crippen molar-refractivity contribution >= 4 is 6.21 Å². The molecule has 0 spiro atoms. The first-order valence-corrected chi connectivity index (χ1v) is 8.55. The first-order valence-electron chi connectivity index (χ1n) is 8.55. The Kier molecular flexibility index (Phi) is 5.46. The monoisotopic (exact) mass is 306 g/mol. The number of hydrogen-bond donors (Lipinski definition) is 0. The topological polar surface area (TPSA) is 21.6 Å². The Morgan fingerprint density at radius 2 is 1.83 bits per heavy atom. The van der Waals surface area contributed by atoms with Crippen LogP contribution in [0.3, 0.4) is 0 Å². The van der Waals surface area contributed by atoms with E-state index in [0.29, 0.717) is 12.5 Å². The second-order valence-corrected chi connectivity index (χ2v) is 6.42. The van der Waals surface area contributed by atoms with Gasteiger partial charge >= 0.3 is 0 Å². The van der Waals surface area contributed by atoms with Gasteiger partial charge in [-0.15, -0.1) is 0 Å². The van der Waals surface area contributed by atoms with E-state index in [2.05, 4.69) is 60.8 Å². The van der Waals surface area contributed by atoms with E-state index in [0.717, 1.165) is 11.1 Å². The van der Waals surface area contributed by atoms with Crippen molar-refractivity contribution in [2.24, 2.45) is 5.16 Å². The second kappa shape index (κ2) is 7.96. The summed E-state index contributed by atoms with van der Waals surface area (Å²) in [6, 6.07) is 16.9. The van der Waals surface area contributed by atoms with Gasteiger partial charge < -0.3 is 4.84 Å². The molecule has 3 rings (SSSR count). The summed E-state index contributed by atoms with van der Waals surface area (Å²) < 4.78 is 0. The molecule has 0 amide bonds. The SMILES string of the molecule is Cc1ccc(CO/N=[C]\c2cccc(C3CCCCC3)c2)cc1. The van der Waals surface area contributed by atoms with Crippen molar-refractivity contribution in [3.63, 3.8) is 0 Å². The molecule has 0 unspecified atom stereocenters. The van der Waals surface area contributed by atoms with Crippen LogP contribution < -0.4 is 0 Å². The minimum Gasteiger partial charge on any atom is -0.390 e. The molecule has 0 aliphatic heterocycles. The van der Waals surface area contributed by atoms with Gasteiger partial charge in [-0.3, -0.25) is 0 Å². The van der Waals surface area contributed by atoms with Crippen LogP contribution in [0.5, 0.6) is 0 Å². The lowest BCUT2D eigenvalue weighted by Gasteiger charge is -2.22. The highest BCUT2D eigenvalue weighted by molar-refractivity contribution is 5.79. The predicted molar refractivity (Wildman–Crippen MR) is 94.8 cm³/mol. The van der Waals surface area contributed by atoms with Gasteiger partial charge in [-0.2, -0.15) is 0 Å². The third-order valence-electron chi connectivity index (χ3n) is 4.55. The maximum absolute atomic E-state index is 5.36. The van der Waals surface area contributed by atoms with Gasteiger partial charge in [-0.25, -0.2) is 0 Å². The summed E-state index contributed by atoms with van der Waals surface area (Å²) in [6.45, 7) is 2.56. The molecule has 1 fully saturated rings. The van der Waals surface area contributed by atoms with E-state index in [4.69, 9.17) is 4.84 Å². The zero-order valence-electron chi connectivity index (χ0n) is 13.8. The summed E-state index contributed by atoms with van der Waals surface area (Å²) in [5, 5.41) is 4.00. The van der Waals surface area contributed by atoms with E-state index in [1.807, 2.05) is 6.07 Å². The fourth-order valence-corrected chi connectivity index (χ4v) is 3.17. The largest absolute Gasteiger partial charge is 0.390 e. The van der Waals surface area contributed by atoms with Crippen molar-refractivity contribution in [3.8, 4) is 0 Å². The second-order valence-electron chi connectivity index (χ2n) is 6.42. The van der Waals surface area contributed by atoms with Gasteiger partial charge in [-0.1, -0.05) is 72.4 Å². The van der Waals surface area contributed by atoms with E-state index in [9.17, 15) is 0 Å². The zero-order valence-corrected chi connectivity index (χ0v) is 13.8. The van der Waals surface area contributed by atoms with Crippen molar-refractivity contribution in [1.82, 2.24) is 0 Å². The Balaban J connectivity index is 1.55. The van der Waals surface area contributed by atoms with Crippen molar-refractivity contribution in [2.75, 3.05) is 0 Å². The molecular formula is C21H24NO. The smallest absolute Gasteiger partial charge is 0.142 e. The fourth-order valence-electron chi connectivity index (χ4n) is 3.17. The average molecular weight is 306 g/mol. The van der Waals surface area contributed by atoms with Crippen LogP contribution in [0.4, 0.5) is 0 Å².